The Kier molecular flexibility index (Phi) is 4.41. The van der Waals surface area contributed by atoms with Crippen LogP contribution in [0, 0.1) is 0 Å². The lowest BCUT2D eigenvalue weighted by atomic mass is 10.1. The van der Waals surface area contributed by atoms with Crippen LogP contribution >= 0.6 is 11.8 Å². The van der Waals surface area contributed by atoms with Crippen LogP contribution in [0.4, 0.5) is 5.69 Å². The molecule has 0 N–H and O–H groups in total. The number of hydrogen-bond acceptors (Lipinski definition) is 4. The minimum Gasteiger partial charge on any atom is -0.467 e. The number of para-hydroxylation sites is 1. The van der Waals surface area contributed by atoms with Crippen molar-refractivity contribution in [1.82, 2.24) is 4.90 Å². The summed E-state index contributed by atoms with van der Waals surface area (Å²) < 4.78 is 4.13. The van der Waals surface area contributed by atoms with E-state index in [1.165, 1.54) is 11.8 Å². The third-order valence-electron chi connectivity index (χ3n) is 4.17. The van der Waals surface area contributed by atoms with Crippen molar-refractivity contribution in [2.24, 2.45) is 0 Å². The molecule has 1 aliphatic heterocycles. The van der Waals surface area contributed by atoms with Gasteiger partial charge in [0.05, 0.1) is 18.5 Å². The number of amides is 2. The summed E-state index contributed by atoms with van der Waals surface area (Å²) in [4.78, 5) is 30.2. The van der Waals surface area contributed by atoms with Crippen LogP contribution in [-0.4, -0.2) is 35.1 Å². The molecule has 1 unspecified atom stereocenters. The van der Waals surface area contributed by atoms with Crippen LogP contribution in [0.25, 0.3) is 0 Å². The van der Waals surface area contributed by atoms with Crippen molar-refractivity contribution in [3.8, 4) is 0 Å². The average Bonchev–Trinajstić information content (AvgIpc) is 3.08. The SMILES string of the molecule is CCN1C(=O)C(C)(C(=O)N(C)Cc2ccco2)Sc2ccccc21. The summed E-state index contributed by atoms with van der Waals surface area (Å²) in [5.41, 5.74) is 0.869. The number of carbonyl (C=O) groups excluding carboxylic acids is 2. The molecule has 1 aliphatic rings. The highest BCUT2D eigenvalue weighted by atomic mass is 32.2. The van der Waals surface area contributed by atoms with Crippen molar-refractivity contribution < 1.29 is 14.0 Å². The molecule has 1 aromatic carbocycles. The molecular formula is C18H20N2O3S. The lowest BCUT2D eigenvalue weighted by molar-refractivity contribution is -0.138. The Labute approximate surface area is 145 Å². The predicted octanol–water partition coefficient (Wildman–Crippen LogP) is 3.16. The van der Waals surface area contributed by atoms with E-state index in [2.05, 4.69) is 0 Å². The number of benzene rings is 1. The summed E-state index contributed by atoms with van der Waals surface area (Å²) in [6.07, 6.45) is 1.57. The number of thioether (sulfide) groups is 1. The Balaban J connectivity index is 1.91. The van der Waals surface area contributed by atoms with E-state index in [0.717, 1.165) is 10.6 Å². The molecule has 2 amide bonds. The van der Waals surface area contributed by atoms with Gasteiger partial charge in [0.2, 0.25) is 5.91 Å². The maximum Gasteiger partial charge on any atom is 0.252 e. The van der Waals surface area contributed by atoms with Gasteiger partial charge < -0.3 is 14.2 Å². The summed E-state index contributed by atoms with van der Waals surface area (Å²) >= 11 is 1.32. The van der Waals surface area contributed by atoms with Crippen molar-refractivity contribution in [1.29, 1.82) is 0 Å². The molecule has 2 aromatic rings. The molecule has 2 heterocycles. The van der Waals surface area contributed by atoms with Gasteiger partial charge in [-0.1, -0.05) is 23.9 Å². The number of rotatable bonds is 4. The number of nitrogens with zero attached hydrogens (tertiary/aromatic N) is 2. The molecule has 3 rings (SSSR count). The minimum absolute atomic E-state index is 0.176. The lowest BCUT2D eigenvalue weighted by Gasteiger charge is -2.40. The third-order valence-corrected chi connectivity index (χ3v) is 5.49. The second-order valence-corrected chi connectivity index (χ2v) is 7.35. The van der Waals surface area contributed by atoms with Crippen molar-refractivity contribution >= 4 is 29.3 Å². The van der Waals surface area contributed by atoms with Crippen molar-refractivity contribution in [3.63, 3.8) is 0 Å². The van der Waals surface area contributed by atoms with Gasteiger partial charge in [0.25, 0.3) is 5.91 Å². The standard InChI is InChI=1S/C18H20N2O3S/c1-4-20-14-9-5-6-10-15(14)24-18(2,17(20)22)16(21)19(3)12-13-8-7-11-23-13/h5-11H,4,12H2,1-3H3. The molecule has 1 aromatic heterocycles. The van der Waals surface area contributed by atoms with Gasteiger partial charge in [0.1, 0.15) is 5.76 Å². The Bertz CT molecular complexity index is 759. The van der Waals surface area contributed by atoms with Gasteiger partial charge in [-0.05, 0) is 38.1 Å². The molecule has 5 nitrogen and oxygen atoms in total. The molecular weight excluding hydrogens is 324 g/mol. The molecule has 1 atom stereocenters. The van der Waals surface area contributed by atoms with E-state index in [-0.39, 0.29) is 11.8 Å². The highest BCUT2D eigenvalue weighted by Crippen LogP contribution is 2.45. The first-order valence-electron chi connectivity index (χ1n) is 7.85. The molecule has 0 saturated carbocycles. The fraction of sp³-hybridized carbons (Fsp3) is 0.333. The van der Waals surface area contributed by atoms with E-state index in [0.29, 0.717) is 18.8 Å². The summed E-state index contributed by atoms with van der Waals surface area (Å²) in [6, 6.07) is 11.3. The average molecular weight is 344 g/mol. The van der Waals surface area contributed by atoms with Crippen molar-refractivity contribution in [2.45, 2.75) is 30.0 Å². The van der Waals surface area contributed by atoms with Crippen LogP contribution in [0.3, 0.4) is 0 Å². The molecule has 0 spiro atoms. The maximum atomic E-state index is 13.0. The quantitative estimate of drug-likeness (QED) is 0.800. The first kappa shape index (κ1) is 16.6. The zero-order valence-corrected chi connectivity index (χ0v) is 14.8. The van der Waals surface area contributed by atoms with Gasteiger partial charge >= 0.3 is 0 Å². The van der Waals surface area contributed by atoms with Crippen LogP contribution in [0.2, 0.25) is 0 Å². The molecule has 0 radical (unpaired) electrons. The third kappa shape index (κ3) is 2.71. The maximum absolute atomic E-state index is 13.0. The van der Waals surface area contributed by atoms with Crippen molar-refractivity contribution in [3.05, 3.63) is 48.4 Å². The Morgan fingerprint density at radius 1 is 1.29 bits per heavy atom. The summed E-state index contributed by atoms with van der Waals surface area (Å²) in [7, 11) is 1.70. The zero-order chi connectivity index (χ0) is 17.3. The van der Waals surface area contributed by atoms with Gasteiger partial charge in [0, 0.05) is 18.5 Å². The fourth-order valence-electron chi connectivity index (χ4n) is 2.92. The topological polar surface area (TPSA) is 53.8 Å². The van der Waals surface area contributed by atoms with E-state index >= 15 is 0 Å². The van der Waals surface area contributed by atoms with Gasteiger partial charge in [-0.15, -0.1) is 0 Å². The molecule has 6 heteroatoms. The van der Waals surface area contributed by atoms with Gasteiger partial charge in [0.15, 0.2) is 4.75 Å². The van der Waals surface area contributed by atoms with Crippen LogP contribution in [-0.2, 0) is 16.1 Å². The zero-order valence-electron chi connectivity index (χ0n) is 14.0. The first-order chi connectivity index (χ1) is 11.5. The normalized spacial score (nSPS) is 20.0. The van der Waals surface area contributed by atoms with Crippen LogP contribution < -0.4 is 4.90 Å². The Hall–Kier alpha value is -2.21. The van der Waals surface area contributed by atoms with Crippen LogP contribution in [0.1, 0.15) is 19.6 Å². The highest BCUT2D eigenvalue weighted by Gasteiger charge is 2.50. The number of anilines is 1. The first-order valence-corrected chi connectivity index (χ1v) is 8.67. The largest absolute Gasteiger partial charge is 0.467 e. The molecule has 0 bridgehead atoms. The fourth-order valence-corrected chi connectivity index (χ4v) is 4.23. The second-order valence-electron chi connectivity index (χ2n) is 5.89. The number of hydrogen-bond donors (Lipinski definition) is 0. The van der Waals surface area contributed by atoms with Gasteiger partial charge in [-0.25, -0.2) is 0 Å². The monoisotopic (exact) mass is 344 g/mol. The van der Waals surface area contributed by atoms with E-state index in [9.17, 15) is 9.59 Å². The molecule has 24 heavy (non-hydrogen) atoms. The molecule has 0 saturated heterocycles. The number of furan rings is 1. The number of fused-ring (bicyclic) bond motifs is 1. The van der Waals surface area contributed by atoms with E-state index in [1.54, 1.807) is 36.1 Å². The van der Waals surface area contributed by atoms with Crippen LogP contribution in [0.5, 0.6) is 0 Å². The molecule has 126 valence electrons. The highest BCUT2D eigenvalue weighted by molar-refractivity contribution is 8.02. The van der Waals surface area contributed by atoms with Gasteiger partial charge in [-0.2, -0.15) is 0 Å². The van der Waals surface area contributed by atoms with Gasteiger partial charge in [-0.3, -0.25) is 9.59 Å². The minimum atomic E-state index is -1.17. The summed E-state index contributed by atoms with van der Waals surface area (Å²) in [5, 5.41) is 0. The van der Waals surface area contributed by atoms with Crippen LogP contribution in [0.15, 0.2) is 52.0 Å². The lowest BCUT2D eigenvalue weighted by Crippen LogP contribution is -2.56. The summed E-state index contributed by atoms with van der Waals surface area (Å²) in [6.45, 7) is 4.49. The Morgan fingerprint density at radius 3 is 2.71 bits per heavy atom. The van der Waals surface area contributed by atoms with E-state index in [4.69, 9.17) is 4.42 Å². The second kappa shape index (κ2) is 6.36. The predicted molar refractivity (Wildman–Crippen MR) is 93.9 cm³/mol. The van der Waals surface area contributed by atoms with E-state index in [1.807, 2.05) is 37.3 Å². The van der Waals surface area contributed by atoms with E-state index < -0.39 is 4.75 Å². The molecule has 0 fully saturated rings. The molecule has 0 aliphatic carbocycles. The number of carbonyl (C=O) groups is 2. The Morgan fingerprint density at radius 2 is 2.04 bits per heavy atom. The smallest absolute Gasteiger partial charge is 0.252 e. The summed E-state index contributed by atoms with van der Waals surface area (Å²) in [5.74, 6) is 0.294. The van der Waals surface area contributed by atoms with Crippen molar-refractivity contribution in [2.75, 3.05) is 18.5 Å².